The summed E-state index contributed by atoms with van der Waals surface area (Å²) in [6.07, 6.45) is 0. The summed E-state index contributed by atoms with van der Waals surface area (Å²) in [5.74, 6) is -5.78. The molecule has 0 aliphatic heterocycles. The Morgan fingerprint density at radius 1 is 0.360 bits per heavy atom. The molecule has 0 spiro atoms. The highest BCUT2D eigenvalue weighted by atomic mass is 19.2. The first-order valence-corrected chi connectivity index (χ1v) is 7.08. The number of hydrogen-bond donors (Lipinski definition) is 0. The highest BCUT2D eigenvalue weighted by molar-refractivity contribution is 5.57. The van der Waals surface area contributed by atoms with Crippen LogP contribution in [-0.4, -0.2) is 0 Å². The van der Waals surface area contributed by atoms with Gasteiger partial charge in [0.2, 0.25) is 0 Å². The van der Waals surface area contributed by atoms with Crippen molar-refractivity contribution < 1.29 is 26.3 Å². The molecule has 0 nitrogen and oxygen atoms in total. The number of benzene rings is 3. The van der Waals surface area contributed by atoms with Gasteiger partial charge in [0.15, 0.2) is 0 Å². The summed E-state index contributed by atoms with van der Waals surface area (Å²) in [5, 5.41) is 0. The summed E-state index contributed by atoms with van der Waals surface area (Å²) >= 11 is 0. The molecular weight excluding hydrogens is 342 g/mol. The van der Waals surface area contributed by atoms with Crippen LogP contribution in [0.1, 0.15) is 16.7 Å². The summed E-state index contributed by atoms with van der Waals surface area (Å²) in [7, 11) is 0. The molecule has 0 aliphatic carbocycles. The Hall–Kier alpha value is -2.76. The zero-order chi connectivity index (χ0) is 18.1. The summed E-state index contributed by atoms with van der Waals surface area (Å²) < 4.78 is 81.5. The van der Waals surface area contributed by atoms with E-state index in [0.29, 0.717) is 18.2 Å². The van der Waals surface area contributed by atoms with Crippen molar-refractivity contribution in [3.63, 3.8) is 0 Å². The van der Waals surface area contributed by atoms with Crippen molar-refractivity contribution in [2.45, 2.75) is 0 Å². The van der Waals surface area contributed by atoms with Crippen LogP contribution in [0.25, 0.3) is 0 Å². The van der Waals surface area contributed by atoms with E-state index < -0.39 is 34.9 Å². The van der Waals surface area contributed by atoms with Gasteiger partial charge >= 0.3 is 0 Å². The topological polar surface area (TPSA) is 0 Å². The van der Waals surface area contributed by atoms with Crippen LogP contribution in [0, 0.1) is 40.8 Å². The van der Waals surface area contributed by atoms with Crippen LogP contribution in [0.2, 0.25) is 0 Å². The van der Waals surface area contributed by atoms with Gasteiger partial charge in [-0.2, -0.15) is 0 Å². The molecule has 0 aromatic heterocycles. The molecule has 3 aromatic rings. The van der Waals surface area contributed by atoms with Crippen LogP contribution in [0.5, 0.6) is 0 Å². The lowest BCUT2D eigenvalue weighted by atomic mass is 9.85. The van der Waals surface area contributed by atoms with Gasteiger partial charge < -0.3 is 0 Å². The van der Waals surface area contributed by atoms with E-state index in [2.05, 4.69) is 0 Å². The van der Waals surface area contributed by atoms with Crippen molar-refractivity contribution in [1.82, 2.24) is 0 Å². The number of halogens is 6. The lowest BCUT2D eigenvalue weighted by Crippen LogP contribution is -2.08. The zero-order valence-corrected chi connectivity index (χ0v) is 12.5. The fourth-order valence-corrected chi connectivity index (χ4v) is 2.59. The molecule has 1 radical (unpaired) electrons. The van der Waals surface area contributed by atoms with E-state index in [-0.39, 0.29) is 22.6 Å². The van der Waals surface area contributed by atoms with E-state index in [1.54, 1.807) is 0 Å². The average Bonchev–Trinajstić information content (AvgIpc) is 2.44. The molecule has 0 bridgehead atoms. The number of rotatable bonds is 3. The first-order valence-electron chi connectivity index (χ1n) is 7.08. The fraction of sp³-hybridized carbons (Fsp3) is 0. The van der Waals surface area contributed by atoms with Crippen LogP contribution in [0.4, 0.5) is 26.3 Å². The minimum atomic E-state index is -0.943. The van der Waals surface area contributed by atoms with E-state index in [0.717, 1.165) is 36.4 Å². The van der Waals surface area contributed by atoms with Gasteiger partial charge in [0, 0.05) is 18.2 Å². The average molecular weight is 351 g/mol. The van der Waals surface area contributed by atoms with Gasteiger partial charge in [0.1, 0.15) is 34.9 Å². The third-order valence-corrected chi connectivity index (χ3v) is 3.45. The van der Waals surface area contributed by atoms with Gasteiger partial charge in [-0.25, -0.2) is 26.3 Å². The Morgan fingerprint density at radius 3 is 0.760 bits per heavy atom. The van der Waals surface area contributed by atoms with Crippen molar-refractivity contribution >= 4 is 0 Å². The summed E-state index contributed by atoms with van der Waals surface area (Å²) in [4.78, 5) is 0. The van der Waals surface area contributed by atoms with Crippen LogP contribution in [0.15, 0.2) is 54.6 Å². The van der Waals surface area contributed by atoms with E-state index >= 15 is 0 Å². The summed E-state index contributed by atoms with van der Waals surface area (Å²) in [6.45, 7) is 0. The maximum atomic E-state index is 13.6. The lowest BCUT2D eigenvalue weighted by Gasteiger charge is -2.19. The second-order valence-corrected chi connectivity index (χ2v) is 5.35. The molecule has 0 amide bonds. The molecule has 6 heteroatoms. The van der Waals surface area contributed by atoms with Crippen molar-refractivity contribution in [2.24, 2.45) is 0 Å². The minimum absolute atomic E-state index is 0.116. The Balaban J connectivity index is 2.27. The van der Waals surface area contributed by atoms with Crippen molar-refractivity contribution in [1.29, 1.82) is 0 Å². The molecular formula is C19H9F6. The van der Waals surface area contributed by atoms with Crippen molar-refractivity contribution in [2.75, 3.05) is 0 Å². The third kappa shape index (κ3) is 3.84. The maximum Gasteiger partial charge on any atom is 0.126 e. The SMILES string of the molecule is Fc1cc(F)cc([C](c2cc(F)cc(F)c2)c2cc(F)cc(F)c2)c1. The largest absolute Gasteiger partial charge is 0.207 e. The maximum absolute atomic E-state index is 13.6. The molecule has 0 fully saturated rings. The van der Waals surface area contributed by atoms with Gasteiger partial charge in [0.05, 0.1) is 5.92 Å². The molecule has 3 rings (SSSR count). The standard InChI is InChI=1S/C19H9F6/c20-13-1-10(2-14(21)7-13)19(11-3-15(22)8-16(23)4-11)12-5-17(24)9-18(25)6-12/h1-9H. The van der Waals surface area contributed by atoms with E-state index in [4.69, 9.17) is 0 Å². The Bertz CT molecular complexity index is 752. The van der Waals surface area contributed by atoms with Crippen LogP contribution in [0.3, 0.4) is 0 Å². The number of hydrogen-bond acceptors (Lipinski definition) is 0. The summed E-state index contributed by atoms with van der Waals surface area (Å²) in [5.41, 5.74) is -0.354. The molecule has 3 aromatic carbocycles. The quantitative estimate of drug-likeness (QED) is 0.429. The predicted molar refractivity (Wildman–Crippen MR) is 79.6 cm³/mol. The molecule has 127 valence electrons. The highest BCUT2D eigenvalue weighted by Crippen LogP contribution is 2.33. The van der Waals surface area contributed by atoms with E-state index in [1.807, 2.05) is 0 Å². The van der Waals surface area contributed by atoms with E-state index in [1.165, 1.54) is 0 Å². The monoisotopic (exact) mass is 351 g/mol. The molecule has 0 saturated carbocycles. The lowest BCUT2D eigenvalue weighted by molar-refractivity contribution is 0.577. The van der Waals surface area contributed by atoms with Gasteiger partial charge in [-0.05, 0) is 53.1 Å². The Labute approximate surface area is 139 Å². The second-order valence-electron chi connectivity index (χ2n) is 5.35. The van der Waals surface area contributed by atoms with Crippen LogP contribution >= 0.6 is 0 Å². The Morgan fingerprint density at radius 2 is 0.560 bits per heavy atom. The molecule has 0 atom stereocenters. The molecule has 0 N–H and O–H groups in total. The predicted octanol–water partition coefficient (Wildman–Crippen LogP) is 5.54. The van der Waals surface area contributed by atoms with E-state index in [9.17, 15) is 26.3 Å². The molecule has 0 heterocycles. The van der Waals surface area contributed by atoms with Gasteiger partial charge in [0.25, 0.3) is 0 Å². The molecule has 25 heavy (non-hydrogen) atoms. The Kier molecular flexibility index (Phi) is 4.53. The first kappa shape index (κ1) is 17.1. The van der Waals surface area contributed by atoms with Crippen molar-refractivity contribution in [3.05, 3.63) is 112 Å². The van der Waals surface area contributed by atoms with Gasteiger partial charge in [-0.1, -0.05) is 0 Å². The van der Waals surface area contributed by atoms with Crippen LogP contribution < -0.4 is 0 Å². The molecule has 0 aliphatic rings. The molecule has 0 unspecified atom stereocenters. The zero-order valence-electron chi connectivity index (χ0n) is 12.5. The van der Waals surface area contributed by atoms with Crippen molar-refractivity contribution in [3.8, 4) is 0 Å². The third-order valence-electron chi connectivity index (χ3n) is 3.45. The highest BCUT2D eigenvalue weighted by Gasteiger charge is 2.22. The van der Waals surface area contributed by atoms with Gasteiger partial charge in [-0.3, -0.25) is 0 Å². The first-order chi connectivity index (χ1) is 11.8. The summed E-state index contributed by atoms with van der Waals surface area (Å²) in [6, 6.07) is 7.27. The van der Waals surface area contributed by atoms with Crippen LogP contribution in [-0.2, 0) is 0 Å². The molecule has 0 saturated heterocycles. The normalized spacial score (nSPS) is 11.2. The smallest absolute Gasteiger partial charge is 0.126 e. The van der Waals surface area contributed by atoms with Gasteiger partial charge in [-0.15, -0.1) is 0 Å². The minimum Gasteiger partial charge on any atom is -0.207 e. The fourth-order valence-electron chi connectivity index (χ4n) is 2.59. The second kappa shape index (κ2) is 6.63.